The van der Waals surface area contributed by atoms with E-state index in [2.05, 4.69) is 4.98 Å². The fourth-order valence-electron chi connectivity index (χ4n) is 2.42. The van der Waals surface area contributed by atoms with E-state index in [9.17, 15) is 4.79 Å². The first-order valence-electron chi connectivity index (χ1n) is 7.18. The number of aromatic amines is 1. The first-order valence-corrected chi connectivity index (χ1v) is 7.94. The van der Waals surface area contributed by atoms with Crippen molar-refractivity contribution >= 4 is 45.0 Å². The maximum atomic E-state index is 12.7. The van der Waals surface area contributed by atoms with Gasteiger partial charge in [0.2, 0.25) is 0 Å². The molecular weight excluding hydrogens is 335 g/mol. The van der Waals surface area contributed by atoms with Crippen molar-refractivity contribution in [2.24, 2.45) is 0 Å². The number of hydrogen-bond acceptors (Lipinski definition) is 3. The molecule has 0 aliphatic rings. The van der Waals surface area contributed by atoms with Crippen LogP contribution in [-0.2, 0) is 0 Å². The van der Waals surface area contributed by atoms with Gasteiger partial charge in [-0.2, -0.15) is 0 Å². The van der Waals surface area contributed by atoms with Crippen molar-refractivity contribution in [3.8, 4) is 5.75 Å². The van der Waals surface area contributed by atoms with E-state index in [1.54, 1.807) is 24.3 Å². The number of rotatable bonds is 4. The molecule has 0 unspecified atom stereocenters. The minimum atomic E-state index is -0.138. The molecule has 6 heteroatoms. The smallest absolute Gasteiger partial charge is 0.198 e. The van der Waals surface area contributed by atoms with Gasteiger partial charge in [0.15, 0.2) is 5.43 Å². The third-order valence-corrected chi connectivity index (χ3v) is 4.44. The monoisotopic (exact) mass is 350 g/mol. The molecular formula is C17H16Cl2N2O2. The number of likely N-dealkylation sites (N-methyl/N-ethyl adjacent to an activating group) is 1. The van der Waals surface area contributed by atoms with E-state index in [-0.39, 0.29) is 10.5 Å². The minimum Gasteiger partial charge on any atom is -0.492 e. The van der Waals surface area contributed by atoms with E-state index in [0.29, 0.717) is 33.4 Å². The van der Waals surface area contributed by atoms with Gasteiger partial charge in [0.25, 0.3) is 0 Å². The molecule has 0 aliphatic carbocycles. The first-order chi connectivity index (χ1) is 11.0. The van der Waals surface area contributed by atoms with Crippen LogP contribution in [0.2, 0.25) is 10.0 Å². The second-order valence-corrected chi connectivity index (χ2v) is 6.38. The van der Waals surface area contributed by atoms with E-state index >= 15 is 0 Å². The van der Waals surface area contributed by atoms with E-state index < -0.39 is 0 Å². The van der Waals surface area contributed by atoms with E-state index in [0.717, 1.165) is 12.3 Å². The minimum absolute atomic E-state index is 0.138. The molecule has 0 spiro atoms. The molecule has 3 rings (SSSR count). The molecule has 1 N–H and O–H groups in total. The summed E-state index contributed by atoms with van der Waals surface area (Å²) >= 11 is 12.2. The van der Waals surface area contributed by atoms with Crippen molar-refractivity contribution in [2.75, 3.05) is 27.2 Å². The Morgan fingerprint density at radius 2 is 1.91 bits per heavy atom. The van der Waals surface area contributed by atoms with Crippen LogP contribution in [0.1, 0.15) is 0 Å². The van der Waals surface area contributed by atoms with Gasteiger partial charge in [0, 0.05) is 18.0 Å². The lowest BCUT2D eigenvalue weighted by atomic mass is 10.1. The molecule has 3 aromatic rings. The number of aromatic nitrogens is 1. The van der Waals surface area contributed by atoms with Gasteiger partial charge < -0.3 is 14.6 Å². The maximum Gasteiger partial charge on any atom is 0.198 e. The van der Waals surface area contributed by atoms with Crippen LogP contribution < -0.4 is 10.2 Å². The highest BCUT2D eigenvalue weighted by Gasteiger charge is 2.12. The Morgan fingerprint density at radius 1 is 1.13 bits per heavy atom. The summed E-state index contributed by atoms with van der Waals surface area (Å²) in [5.41, 5.74) is 1.23. The average Bonchev–Trinajstić information content (AvgIpc) is 2.50. The van der Waals surface area contributed by atoms with Gasteiger partial charge in [-0.3, -0.25) is 4.79 Å². The molecule has 1 heterocycles. The van der Waals surface area contributed by atoms with Crippen LogP contribution in [-0.4, -0.2) is 37.1 Å². The van der Waals surface area contributed by atoms with Crippen LogP contribution in [0.3, 0.4) is 0 Å². The van der Waals surface area contributed by atoms with Crippen molar-refractivity contribution in [1.29, 1.82) is 0 Å². The zero-order chi connectivity index (χ0) is 16.6. The van der Waals surface area contributed by atoms with E-state index in [1.165, 1.54) is 0 Å². The maximum absolute atomic E-state index is 12.7. The molecule has 2 aromatic carbocycles. The lowest BCUT2D eigenvalue weighted by molar-refractivity contribution is 0.261. The number of ether oxygens (including phenoxy) is 1. The fraction of sp³-hybridized carbons (Fsp3) is 0.235. The van der Waals surface area contributed by atoms with Crippen molar-refractivity contribution in [3.63, 3.8) is 0 Å². The van der Waals surface area contributed by atoms with Gasteiger partial charge in [0.05, 0.1) is 26.5 Å². The predicted octanol–water partition coefficient (Wildman–Crippen LogP) is 3.93. The third kappa shape index (κ3) is 3.15. The van der Waals surface area contributed by atoms with Crippen molar-refractivity contribution in [3.05, 3.63) is 50.6 Å². The highest BCUT2D eigenvalue weighted by Crippen LogP contribution is 2.29. The van der Waals surface area contributed by atoms with Crippen LogP contribution in [0, 0.1) is 0 Å². The van der Waals surface area contributed by atoms with Gasteiger partial charge in [-0.25, -0.2) is 0 Å². The van der Waals surface area contributed by atoms with Gasteiger partial charge in [-0.05, 0) is 38.4 Å². The van der Waals surface area contributed by atoms with Gasteiger partial charge in [-0.1, -0.05) is 23.2 Å². The molecule has 1 aromatic heterocycles. The van der Waals surface area contributed by atoms with Crippen molar-refractivity contribution in [2.45, 2.75) is 0 Å². The van der Waals surface area contributed by atoms with Crippen molar-refractivity contribution < 1.29 is 4.74 Å². The van der Waals surface area contributed by atoms with E-state index in [1.807, 2.05) is 25.1 Å². The summed E-state index contributed by atoms with van der Waals surface area (Å²) in [7, 11) is 3.98. The van der Waals surface area contributed by atoms with E-state index in [4.69, 9.17) is 27.9 Å². The number of nitrogens with one attached hydrogen (secondary N) is 1. The highest BCUT2D eigenvalue weighted by molar-refractivity contribution is 6.45. The summed E-state index contributed by atoms with van der Waals surface area (Å²) in [4.78, 5) is 17.9. The first kappa shape index (κ1) is 16.1. The molecule has 120 valence electrons. The zero-order valence-corrected chi connectivity index (χ0v) is 14.3. The number of halogens is 2. The highest BCUT2D eigenvalue weighted by atomic mass is 35.5. The van der Waals surface area contributed by atoms with Crippen LogP contribution in [0.4, 0.5) is 0 Å². The van der Waals surface area contributed by atoms with Gasteiger partial charge in [-0.15, -0.1) is 0 Å². The number of H-pyrrole nitrogens is 1. The predicted molar refractivity (Wildman–Crippen MR) is 96.1 cm³/mol. The summed E-state index contributed by atoms with van der Waals surface area (Å²) in [5.74, 6) is 0.717. The van der Waals surface area contributed by atoms with Crippen LogP contribution in [0.25, 0.3) is 21.8 Å². The fourth-order valence-corrected chi connectivity index (χ4v) is 2.83. The molecule has 23 heavy (non-hydrogen) atoms. The second kappa shape index (κ2) is 6.40. The Labute approximate surface area is 143 Å². The normalized spacial score (nSPS) is 11.5. The summed E-state index contributed by atoms with van der Waals surface area (Å²) in [6.07, 6.45) is 0. The quantitative estimate of drug-likeness (QED) is 0.725. The SMILES string of the molecule is CN(C)CCOc1ccc2c(=O)c3c(Cl)c(Cl)ccc3[nH]c2c1. The molecule has 0 saturated carbocycles. The van der Waals surface area contributed by atoms with Crippen molar-refractivity contribution in [1.82, 2.24) is 9.88 Å². The Balaban J connectivity index is 2.08. The summed E-state index contributed by atoms with van der Waals surface area (Å²) in [5, 5.41) is 1.61. The summed E-state index contributed by atoms with van der Waals surface area (Å²) in [6, 6.07) is 8.79. The third-order valence-electron chi connectivity index (χ3n) is 3.63. The standard InChI is InChI=1S/C17H16Cl2N2O2/c1-21(2)7-8-23-10-3-4-11-14(9-10)20-13-6-5-12(18)16(19)15(13)17(11)22/h3-6,9H,7-8H2,1-2H3,(H,20,22). The average molecular weight is 351 g/mol. The zero-order valence-electron chi connectivity index (χ0n) is 12.8. The largest absolute Gasteiger partial charge is 0.492 e. The molecule has 0 radical (unpaired) electrons. The Bertz CT molecular complexity index is 935. The van der Waals surface area contributed by atoms with Crippen LogP contribution in [0.5, 0.6) is 5.75 Å². The molecule has 0 amide bonds. The number of hydrogen-bond donors (Lipinski definition) is 1. The van der Waals surface area contributed by atoms with Gasteiger partial charge >= 0.3 is 0 Å². The summed E-state index contributed by atoms with van der Waals surface area (Å²) < 4.78 is 5.71. The Hall–Kier alpha value is -1.75. The summed E-state index contributed by atoms with van der Waals surface area (Å²) in [6.45, 7) is 1.40. The molecule has 0 aliphatic heterocycles. The molecule has 0 atom stereocenters. The van der Waals surface area contributed by atoms with Crippen LogP contribution >= 0.6 is 23.2 Å². The Kier molecular flexibility index (Phi) is 4.48. The number of nitrogens with zero attached hydrogens (tertiary/aromatic N) is 1. The Morgan fingerprint density at radius 3 is 2.65 bits per heavy atom. The molecule has 0 saturated heterocycles. The lowest BCUT2D eigenvalue weighted by Crippen LogP contribution is -2.19. The molecule has 0 bridgehead atoms. The lowest BCUT2D eigenvalue weighted by Gasteiger charge is -2.12. The van der Waals surface area contributed by atoms with Gasteiger partial charge in [0.1, 0.15) is 12.4 Å². The molecule has 0 fully saturated rings. The number of pyridine rings is 1. The number of benzene rings is 2. The molecule has 4 nitrogen and oxygen atoms in total. The number of fused-ring (bicyclic) bond motifs is 2. The topological polar surface area (TPSA) is 45.3 Å². The second-order valence-electron chi connectivity index (χ2n) is 5.60. The van der Waals surface area contributed by atoms with Crippen LogP contribution in [0.15, 0.2) is 35.1 Å².